The second-order valence-electron chi connectivity index (χ2n) is 12.5. The highest BCUT2D eigenvalue weighted by molar-refractivity contribution is 5.70. The number of aliphatic carboxylic acids is 1. The van der Waals surface area contributed by atoms with Crippen LogP contribution in [-0.2, 0) is 28.6 Å². The number of quaternary nitrogens is 1. The van der Waals surface area contributed by atoms with Crippen molar-refractivity contribution in [3.05, 3.63) is 72.9 Å². The van der Waals surface area contributed by atoms with Gasteiger partial charge in [0.1, 0.15) is 12.6 Å². The van der Waals surface area contributed by atoms with Gasteiger partial charge in [0.05, 0.1) is 40.3 Å². The SMILES string of the molecule is CC/C=C/C=C/C=C/C=C/C=C/CCCC(=O)OCC(COCCC(C(=O)[O-])[N+](C)(C)C)OC(=O)CCCCCC/C=C/CCCC. The molecule has 0 aliphatic heterocycles. The highest BCUT2D eigenvalue weighted by Gasteiger charge is 2.25. The van der Waals surface area contributed by atoms with E-state index in [2.05, 4.69) is 32.1 Å². The standard InChI is InChI=1S/C39H63NO7/c1-6-8-10-12-14-16-18-19-20-22-23-25-27-29-37(41)46-34-35(33-45-32-31-36(39(43)44)40(3,4)5)47-38(42)30-28-26-24-21-17-15-13-11-9-7-2/h8,10,12-16,18-20,22-23,35-36H,6-7,9,11,17,21,24-34H2,1-5H3/b10-8+,14-12+,15-13+,18-16+,20-19+,23-22+. The van der Waals surface area contributed by atoms with Crippen LogP contribution in [-0.4, -0.2) is 75.5 Å². The van der Waals surface area contributed by atoms with Crippen LogP contribution in [0.3, 0.4) is 0 Å². The van der Waals surface area contributed by atoms with Crippen molar-refractivity contribution in [1.29, 1.82) is 0 Å². The molecule has 0 saturated carbocycles. The average molecular weight is 658 g/mol. The first-order valence-electron chi connectivity index (χ1n) is 17.5. The molecule has 0 aromatic heterocycles. The number of hydrogen-bond donors (Lipinski definition) is 0. The van der Waals surface area contributed by atoms with Crippen LogP contribution in [0.2, 0.25) is 0 Å². The Kier molecular flexibility index (Phi) is 28.1. The van der Waals surface area contributed by atoms with Crippen LogP contribution in [0, 0.1) is 0 Å². The summed E-state index contributed by atoms with van der Waals surface area (Å²) in [5.74, 6) is -1.87. The van der Waals surface area contributed by atoms with Gasteiger partial charge in [0.2, 0.25) is 0 Å². The number of ether oxygens (including phenoxy) is 3. The number of carbonyl (C=O) groups excluding carboxylic acids is 3. The molecular weight excluding hydrogens is 594 g/mol. The minimum Gasteiger partial charge on any atom is -0.544 e. The second kappa shape index (κ2) is 30.1. The summed E-state index contributed by atoms with van der Waals surface area (Å²) in [6, 6.07) is -0.739. The minimum atomic E-state index is -1.14. The molecule has 8 nitrogen and oxygen atoms in total. The lowest BCUT2D eigenvalue weighted by atomic mass is 10.1. The third-order valence-corrected chi connectivity index (χ3v) is 7.20. The Morgan fingerprint density at radius 3 is 1.85 bits per heavy atom. The van der Waals surface area contributed by atoms with E-state index in [9.17, 15) is 19.5 Å². The van der Waals surface area contributed by atoms with Crippen molar-refractivity contribution in [3.8, 4) is 0 Å². The highest BCUT2D eigenvalue weighted by atomic mass is 16.6. The van der Waals surface area contributed by atoms with Crippen LogP contribution in [0.4, 0.5) is 0 Å². The molecule has 0 radical (unpaired) electrons. The van der Waals surface area contributed by atoms with E-state index in [1.165, 1.54) is 12.8 Å². The van der Waals surface area contributed by atoms with Crippen LogP contribution in [0.5, 0.6) is 0 Å². The fraction of sp³-hybridized carbons (Fsp3) is 0.615. The van der Waals surface area contributed by atoms with Gasteiger partial charge in [0.15, 0.2) is 6.10 Å². The zero-order chi connectivity index (χ0) is 35.0. The van der Waals surface area contributed by atoms with Gasteiger partial charge < -0.3 is 28.6 Å². The number of likely N-dealkylation sites (N-methyl/N-ethyl adjacent to an activating group) is 1. The van der Waals surface area contributed by atoms with Crippen molar-refractivity contribution in [3.63, 3.8) is 0 Å². The van der Waals surface area contributed by atoms with Gasteiger partial charge in [-0.2, -0.15) is 0 Å². The van der Waals surface area contributed by atoms with Crippen LogP contribution in [0.1, 0.15) is 104 Å². The Morgan fingerprint density at radius 2 is 1.23 bits per heavy atom. The quantitative estimate of drug-likeness (QED) is 0.0278. The summed E-state index contributed by atoms with van der Waals surface area (Å²) in [5, 5.41) is 11.5. The van der Waals surface area contributed by atoms with Gasteiger partial charge in [-0.25, -0.2) is 0 Å². The number of carbonyl (C=O) groups is 3. The van der Waals surface area contributed by atoms with Gasteiger partial charge >= 0.3 is 11.9 Å². The van der Waals surface area contributed by atoms with Crippen molar-refractivity contribution in [2.45, 2.75) is 116 Å². The van der Waals surface area contributed by atoms with E-state index in [4.69, 9.17) is 14.2 Å². The van der Waals surface area contributed by atoms with E-state index >= 15 is 0 Å². The normalized spacial score (nSPS) is 14.0. The van der Waals surface area contributed by atoms with Gasteiger partial charge in [-0.05, 0) is 44.9 Å². The number of allylic oxidation sites excluding steroid dienone is 12. The van der Waals surface area contributed by atoms with Crippen molar-refractivity contribution >= 4 is 17.9 Å². The molecule has 0 aliphatic rings. The number of carboxylic acid groups (broad SMARTS) is 1. The highest BCUT2D eigenvalue weighted by Crippen LogP contribution is 2.11. The molecule has 47 heavy (non-hydrogen) atoms. The van der Waals surface area contributed by atoms with E-state index in [1.54, 1.807) is 21.1 Å². The van der Waals surface area contributed by atoms with Gasteiger partial charge in [-0.15, -0.1) is 0 Å². The predicted octanol–water partition coefficient (Wildman–Crippen LogP) is 7.12. The molecule has 0 N–H and O–H groups in total. The van der Waals surface area contributed by atoms with E-state index in [1.807, 2.05) is 54.7 Å². The summed E-state index contributed by atoms with van der Waals surface area (Å²) in [7, 11) is 5.35. The lowest BCUT2D eigenvalue weighted by Crippen LogP contribution is -2.55. The Labute approximate surface area is 285 Å². The molecule has 266 valence electrons. The van der Waals surface area contributed by atoms with Crippen LogP contribution in [0.15, 0.2) is 72.9 Å². The van der Waals surface area contributed by atoms with E-state index in [-0.39, 0.29) is 55.5 Å². The molecule has 0 heterocycles. The predicted molar refractivity (Wildman–Crippen MR) is 189 cm³/mol. The molecule has 0 aliphatic carbocycles. The number of hydrogen-bond acceptors (Lipinski definition) is 7. The smallest absolute Gasteiger partial charge is 0.306 e. The molecule has 0 bridgehead atoms. The summed E-state index contributed by atoms with van der Waals surface area (Å²) < 4.78 is 16.9. The van der Waals surface area contributed by atoms with Crippen molar-refractivity contribution in [1.82, 2.24) is 0 Å². The average Bonchev–Trinajstić information content (AvgIpc) is 3.01. The first-order chi connectivity index (χ1) is 22.6. The maximum atomic E-state index is 12.6. The Hall–Kier alpha value is -3.23. The number of nitrogens with zero attached hydrogens (tertiary/aromatic N) is 1. The van der Waals surface area contributed by atoms with Gasteiger partial charge in [-0.1, -0.05) is 112 Å². The van der Waals surface area contributed by atoms with E-state index < -0.39 is 18.1 Å². The lowest BCUT2D eigenvalue weighted by molar-refractivity contribution is -0.889. The van der Waals surface area contributed by atoms with Crippen molar-refractivity contribution < 1.29 is 38.2 Å². The maximum Gasteiger partial charge on any atom is 0.306 e. The third-order valence-electron chi connectivity index (χ3n) is 7.20. The largest absolute Gasteiger partial charge is 0.544 e. The van der Waals surface area contributed by atoms with Gasteiger partial charge in [0, 0.05) is 19.3 Å². The van der Waals surface area contributed by atoms with E-state index in [0.29, 0.717) is 6.42 Å². The minimum absolute atomic E-state index is 0.00898. The van der Waals surface area contributed by atoms with Gasteiger partial charge in [0.25, 0.3) is 0 Å². The zero-order valence-corrected chi connectivity index (χ0v) is 29.9. The van der Waals surface area contributed by atoms with Gasteiger partial charge in [-0.3, -0.25) is 9.59 Å². The fourth-order valence-corrected chi connectivity index (χ4v) is 4.43. The molecule has 0 amide bonds. The topological polar surface area (TPSA) is 102 Å². The summed E-state index contributed by atoms with van der Waals surface area (Å²) >= 11 is 0. The summed E-state index contributed by atoms with van der Waals surface area (Å²) in [4.78, 5) is 36.5. The number of rotatable bonds is 29. The van der Waals surface area contributed by atoms with Crippen LogP contribution < -0.4 is 5.11 Å². The molecule has 2 unspecified atom stereocenters. The molecular formula is C39H63NO7. The lowest BCUT2D eigenvalue weighted by Gasteiger charge is -2.34. The summed E-state index contributed by atoms with van der Waals surface area (Å²) in [6.07, 6.45) is 35.1. The fourth-order valence-electron chi connectivity index (χ4n) is 4.43. The Bertz CT molecular complexity index is 1000. The Balaban J connectivity index is 4.63. The van der Waals surface area contributed by atoms with Crippen molar-refractivity contribution in [2.24, 2.45) is 0 Å². The molecule has 2 atom stereocenters. The monoisotopic (exact) mass is 657 g/mol. The molecule has 8 heteroatoms. The number of esters is 2. The zero-order valence-electron chi connectivity index (χ0n) is 29.9. The molecule has 0 aromatic carbocycles. The number of carboxylic acids is 1. The molecule has 0 fully saturated rings. The maximum absolute atomic E-state index is 12.6. The summed E-state index contributed by atoms with van der Waals surface area (Å²) in [6.45, 7) is 4.33. The molecule has 0 saturated heterocycles. The van der Waals surface area contributed by atoms with Crippen LogP contribution in [0.25, 0.3) is 0 Å². The second-order valence-corrected chi connectivity index (χ2v) is 12.5. The summed E-state index contributed by atoms with van der Waals surface area (Å²) in [5.41, 5.74) is 0. The number of unbranched alkanes of at least 4 members (excludes halogenated alkanes) is 7. The first-order valence-corrected chi connectivity index (χ1v) is 17.5. The first kappa shape index (κ1) is 43.8. The van der Waals surface area contributed by atoms with Crippen LogP contribution >= 0.6 is 0 Å². The third kappa shape index (κ3) is 28.7. The van der Waals surface area contributed by atoms with E-state index in [0.717, 1.165) is 51.4 Å². The Morgan fingerprint density at radius 1 is 0.660 bits per heavy atom. The van der Waals surface area contributed by atoms with Crippen molar-refractivity contribution in [2.75, 3.05) is 41.0 Å². The molecule has 0 spiro atoms. The molecule has 0 aromatic rings. The molecule has 0 rings (SSSR count).